The molecule has 0 saturated carbocycles. The third kappa shape index (κ3) is 5.92. The molecule has 3 N–H and O–H groups in total. The number of carbonyl (C=O) groups is 3. The molecule has 0 aromatic heterocycles. The Morgan fingerprint density at radius 3 is 2.32 bits per heavy atom. The molecule has 0 aliphatic carbocycles. The summed E-state index contributed by atoms with van der Waals surface area (Å²) in [7, 11) is -3.67. The topological polar surface area (TPSA) is 130 Å². The maximum atomic E-state index is 12.4. The first-order chi connectivity index (χ1) is 13.2. The van der Waals surface area contributed by atoms with Crippen molar-refractivity contribution in [3.05, 3.63) is 60.2 Å². The van der Waals surface area contributed by atoms with Gasteiger partial charge in [-0.1, -0.05) is 24.3 Å². The van der Waals surface area contributed by atoms with Crippen LogP contribution in [0.2, 0.25) is 0 Å². The van der Waals surface area contributed by atoms with E-state index in [4.69, 9.17) is 0 Å². The third-order valence-corrected chi connectivity index (χ3v) is 5.59. The molecule has 0 heterocycles. The van der Waals surface area contributed by atoms with E-state index in [-0.39, 0.29) is 22.8 Å². The first-order valence-corrected chi connectivity index (χ1v) is 10.0. The molecule has 0 spiro atoms. The van der Waals surface area contributed by atoms with E-state index in [2.05, 4.69) is 10.6 Å². The van der Waals surface area contributed by atoms with Crippen molar-refractivity contribution in [1.82, 2.24) is 5.32 Å². The second-order valence-corrected chi connectivity index (χ2v) is 8.16. The third-order valence-electron chi connectivity index (χ3n) is 3.83. The maximum absolute atomic E-state index is 12.4. The first kappa shape index (κ1) is 21.1. The molecule has 0 unspecified atom stereocenters. The van der Waals surface area contributed by atoms with Crippen molar-refractivity contribution in [3.8, 4) is 0 Å². The van der Waals surface area contributed by atoms with Crippen molar-refractivity contribution in [2.75, 3.05) is 11.1 Å². The summed E-state index contributed by atoms with van der Waals surface area (Å²) in [5.74, 6) is -2.77. The van der Waals surface area contributed by atoms with E-state index in [9.17, 15) is 27.9 Å². The summed E-state index contributed by atoms with van der Waals surface area (Å²) in [6.07, 6.45) is -0.288. The number of aliphatic carboxylic acids is 1. The minimum absolute atomic E-state index is 0.0912. The highest BCUT2D eigenvalue weighted by Crippen LogP contribution is 2.14. The monoisotopic (exact) mass is 404 g/mol. The van der Waals surface area contributed by atoms with Crippen LogP contribution in [0.1, 0.15) is 23.7 Å². The summed E-state index contributed by atoms with van der Waals surface area (Å²) in [5, 5.41) is 14.2. The van der Waals surface area contributed by atoms with E-state index in [0.29, 0.717) is 5.69 Å². The van der Waals surface area contributed by atoms with Crippen LogP contribution < -0.4 is 10.6 Å². The molecule has 0 fully saturated rings. The lowest BCUT2D eigenvalue weighted by Crippen LogP contribution is -2.42. The summed E-state index contributed by atoms with van der Waals surface area (Å²) in [6.45, 7) is 1.32. The molecule has 8 nitrogen and oxygen atoms in total. The predicted octanol–water partition coefficient (Wildman–Crippen LogP) is 1.69. The van der Waals surface area contributed by atoms with Crippen LogP contribution in [0.5, 0.6) is 0 Å². The number of sulfone groups is 1. The van der Waals surface area contributed by atoms with Crippen LogP contribution >= 0.6 is 0 Å². The van der Waals surface area contributed by atoms with Crippen molar-refractivity contribution in [1.29, 1.82) is 0 Å². The van der Waals surface area contributed by atoms with Crippen LogP contribution in [0.25, 0.3) is 0 Å². The fraction of sp³-hybridized carbons (Fsp3) is 0.211. The fourth-order valence-corrected chi connectivity index (χ4v) is 3.81. The molecule has 9 heteroatoms. The van der Waals surface area contributed by atoms with Crippen molar-refractivity contribution in [2.24, 2.45) is 0 Å². The number of amides is 2. The summed E-state index contributed by atoms with van der Waals surface area (Å²) in [4.78, 5) is 35.0. The standard InChI is InChI=1S/C19H20N2O6S/c1-13(22)20-15-7-5-6-14(12-15)18(23)21-17(19(24)25)10-11-28(26,27)16-8-3-2-4-9-16/h2-9,12,17H,10-11H2,1H3,(H,20,22)(H,21,23)(H,24,25)/t17-/m1/s1. The minimum Gasteiger partial charge on any atom is -0.480 e. The number of benzene rings is 2. The quantitative estimate of drug-likeness (QED) is 0.614. The Morgan fingerprint density at radius 2 is 1.71 bits per heavy atom. The van der Waals surface area contributed by atoms with E-state index in [1.165, 1.54) is 37.3 Å². The lowest BCUT2D eigenvalue weighted by molar-refractivity contribution is -0.139. The lowest BCUT2D eigenvalue weighted by atomic mass is 10.1. The van der Waals surface area contributed by atoms with Gasteiger partial charge >= 0.3 is 5.97 Å². The van der Waals surface area contributed by atoms with Crippen LogP contribution in [0.15, 0.2) is 59.5 Å². The number of hydrogen-bond donors (Lipinski definition) is 3. The molecule has 148 valence electrons. The molecule has 2 aromatic rings. The summed E-state index contributed by atoms with van der Waals surface area (Å²) in [5.41, 5.74) is 0.530. The number of carbonyl (C=O) groups excluding carboxylic acids is 2. The minimum atomic E-state index is -3.67. The molecule has 0 radical (unpaired) electrons. The number of anilines is 1. The van der Waals surface area contributed by atoms with Gasteiger partial charge in [0.2, 0.25) is 5.91 Å². The molecule has 2 aromatic carbocycles. The zero-order valence-electron chi connectivity index (χ0n) is 15.1. The van der Waals surface area contributed by atoms with Crippen LogP contribution in [0.4, 0.5) is 5.69 Å². The van der Waals surface area contributed by atoms with Crippen LogP contribution in [0, 0.1) is 0 Å². The molecule has 28 heavy (non-hydrogen) atoms. The van der Waals surface area contributed by atoms with Crippen molar-refractivity contribution in [2.45, 2.75) is 24.3 Å². The zero-order valence-corrected chi connectivity index (χ0v) is 15.9. The molecule has 2 amide bonds. The van der Waals surface area contributed by atoms with Crippen LogP contribution in [-0.2, 0) is 19.4 Å². The summed E-state index contributed by atoms with van der Waals surface area (Å²) in [6, 6.07) is 12.3. The van der Waals surface area contributed by atoms with Gasteiger partial charge in [0.1, 0.15) is 6.04 Å². The second kappa shape index (κ2) is 9.14. The van der Waals surface area contributed by atoms with Crippen LogP contribution in [0.3, 0.4) is 0 Å². The highest BCUT2D eigenvalue weighted by Gasteiger charge is 2.24. The highest BCUT2D eigenvalue weighted by atomic mass is 32.2. The fourth-order valence-electron chi connectivity index (χ4n) is 2.46. The largest absolute Gasteiger partial charge is 0.480 e. The van der Waals surface area contributed by atoms with E-state index >= 15 is 0 Å². The van der Waals surface area contributed by atoms with E-state index in [1.807, 2.05) is 0 Å². The van der Waals surface area contributed by atoms with Gasteiger partial charge in [0.05, 0.1) is 10.6 Å². The Balaban J connectivity index is 2.08. The molecule has 1 atom stereocenters. The van der Waals surface area contributed by atoms with E-state index in [0.717, 1.165) is 0 Å². The van der Waals surface area contributed by atoms with Gasteiger partial charge in [-0.3, -0.25) is 9.59 Å². The second-order valence-electron chi connectivity index (χ2n) is 6.05. The Bertz CT molecular complexity index is 973. The summed E-state index contributed by atoms with van der Waals surface area (Å²) < 4.78 is 24.6. The van der Waals surface area contributed by atoms with Gasteiger partial charge in [-0.15, -0.1) is 0 Å². The SMILES string of the molecule is CC(=O)Nc1cccc(C(=O)N[C@H](CCS(=O)(=O)c2ccccc2)C(=O)O)c1. The van der Waals surface area contributed by atoms with Gasteiger partial charge in [0, 0.05) is 18.2 Å². The average molecular weight is 404 g/mol. The maximum Gasteiger partial charge on any atom is 0.326 e. The lowest BCUT2D eigenvalue weighted by Gasteiger charge is -2.15. The molecule has 0 aliphatic rings. The number of carboxylic acid groups (broad SMARTS) is 1. The van der Waals surface area contributed by atoms with Crippen LogP contribution in [-0.4, -0.2) is 43.1 Å². The number of nitrogens with one attached hydrogen (secondary N) is 2. The van der Waals surface area contributed by atoms with Crippen molar-refractivity contribution < 1.29 is 27.9 Å². The Labute approximate surface area is 162 Å². The van der Waals surface area contributed by atoms with E-state index < -0.39 is 33.5 Å². The zero-order chi connectivity index (χ0) is 20.7. The van der Waals surface area contributed by atoms with Gasteiger partial charge in [-0.2, -0.15) is 0 Å². The molecular weight excluding hydrogens is 384 g/mol. The first-order valence-electron chi connectivity index (χ1n) is 8.38. The molecular formula is C19H20N2O6S. The molecule has 0 bridgehead atoms. The number of carboxylic acids is 1. The predicted molar refractivity (Wildman–Crippen MR) is 103 cm³/mol. The van der Waals surface area contributed by atoms with Gasteiger partial charge in [0.25, 0.3) is 5.91 Å². The Morgan fingerprint density at radius 1 is 1.04 bits per heavy atom. The van der Waals surface area contributed by atoms with Gasteiger partial charge in [-0.25, -0.2) is 13.2 Å². The van der Waals surface area contributed by atoms with E-state index in [1.54, 1.807) is 24.3 Å². The Kier molecular flexibility index (Phi) is 6.89. The summed E-state index contributed by atoms with van der Waals surface area (Å²) >= 11 is 0. The average Bonchev–Trinajstić information content (AvgIpc) is 2.65. The van der Waals surface area contributed by atoms with Gasteiger partial charge in [-0.05, 0) is 36.8 Å². The van der Waals surface area contributed by atoms with Gasteiger partial charge < -0.3 is 15.7 Å². The number of rotatable bonds is 8. The van der Waals surface area contributed by atoms with Crippen molar-refractivity contribution >= 4 is 33.3 Å². The highest BCUT2D eigenvalue weighted by molar-refractivity contribution is 7.91. The van der Waals surface area contributed by atoms with Crippen molar-refractivity contribution in [3.63, 3.8) is 0 Å². The smallest absolute Gasteiger partial charge is 0.326 e. The normalized spacial score (nSPS) is 12.0. The van der Waals surface area contributed by atoms with Gasteiger partial charge in [0.15, 0.2) is 9.84 Å². The molecule has 0 aliphatic heterocycles. The number of hydrogen-bond acceptors (Lipinski definition) is 5. The molecule has 2 rings (SSSR count). The Hall–Kier alpha value is -3.20. The molecule has 0 saturated heterocycles.